The molecule has 0 bridgehead atoms. The van der Waals surface area contributed by atoms with Gasteiger partial charge in [0.1, 0.15) is 11.4 Å². The van der Waals surface area contributed by atoms with Crippen molar-refractivity contribution >= 4 is 27.7 Å². The molecule has 0 aliphatic rings. The van der Waals surface area contributed by atoms with Gasteiger partial charge in [-0.3, -0.25) is 5.32 Å². The van der Waals surface area contributed by atoms with E-state index < -0.39 is 11.7 Å². The van der Waals surface area contributed by atoms with Gasteiger partial charge in [0, 0.05) is 11.0 Å². The van der Waals surface area contributed by atoms with Gasteiger partial charge in [-0.05, 0) is 57.4 Å². The molecule has 5 heteroatoms. The number of hydrogen-bond donors (Lipinski definition) is 1. The van der Waals surface area contributed by atoms with Gasteiger partial charge in [-0.15, -0.1) is 0 Å². The lowest BCUT2D eigenvalue weighted by atomic mass is 10.1. The van der Waals surface area contributed by atoms with Crippen molar-refractivity contribution in [2.24, 2.45) is 0 Å². The number of aryl methyl sites for hydroxylation is 1. The number of hydrogen-bond acceptors (Lipinski definition) is 3. The predicted molar refractivity (Wildman–Crippen MR) is 85.0 cm³/mol. The second kappa shape index (κ2) is 7.53. The van der Waals surface area contributed by atoms with Crippen molar-refractivity contribution in [2.45, 2.75) is 39.2 Å². The van der Waals surface area contributed by atoms with Gasteiger partial charge in [0.25, 0.3) is 0 Å². The highest BCUT2D eigenvalue weighted by Gasteiger charge is 2.16. The summed E-state index contributed by atoms with van der Waals surface area (Å²) in [5.74, 6) is 0.834. The van der Waals surface area contributed by atoms with Gasteiger partial charge < -0.3 is 9.47 Å². The zero-order valence-electron chi connectivity index (χ0n) is 12.5. The molecule has 1 rings (SSSR count). The minimum Gasteiger partial charge on any atom is -0.496 e. The van der Waals surface area contributed by atoms with Crippen LogP contribution in [0.15, 0.2) is 18.2 Å². The molecule has 0 radical (unpaired) electrons. The molecule has 0 aliphatic carbocycles. The summed E-state index contributed by atoms with van der Waals surface area (Å²) < 4.78 is 10.6. The smallest absolute Gasteiger partial charge is 0.412 e. The lowest BCUT2D eigenvalue weighted by Gasteiger charge is -2.20. The van der Waals surface area contributed by atoms with Crippen LogP contribution in [0.1, 0.15) is 32.8 Å². The van der Waals surface area contributed by atoms with E-state index in [2.05, 4.69) is 21.2 Å². The molecule has 1 N–H and O–H groups in total. The molecule has 0 aliphatic heterocycles. The molecule has 1 aromatic rings. The fourth-order valence-electron chi connectivity index (χ4n) is 1.73. The van der Waals surface area contributed by atoms with Crippen molar-refractivity contribution < 1.29 is 14.3 Å². The number of ether oxygens (including phenoxy) is 2. The van der Waals surface area contributed by atoms with E-state index in [1.807, 2.05) is 32.9 Å². The van der Waals surface area contributed by atoms with Gasteiger partial charge >= 0.3 is 6.09 Å². The number of amides is 1. The highest BCUT2D eigenvalue weighted by Crippen LogP contribution is 2.24. The van der Waals surface area contributed by atoms with Gasteiger partial charge in [0.15, 0.2) is 0 Å². The Hall–Kier alpha value is -1.23. The normalized spacial score (nSPS) is 11.1. The Morgan fingerprint density at radius 2 is 2.05 bits per heavy atom. The largest absolute Gasteiger partial charge is 0.496 e. The molecule has 112 valence electrons. The molecule has 0 spiro atoms. The Bertz CT molecular complexity index is 455. The third kappa shape index (κ3) is 5.82. The highest BCUT2D eigenvalue weighted by atomic mass is 79.9. The maximum absolute atomic E-state index is 11.7. The minimum absolute atomic E-state index is 0.450. The molecular formula is C15H22BrNO3. The minimum atomic E-state index is -0.505. The number of methoxy groups -OCH3 is 1. The third-order valence-electron chi connectivity index (χ3n) is 2.51. The number of carbonyl (C=O) groups is 1. The first kappa shape index (κ1) is 16.8. The van der Waals surface area contributed by atoms with Crippen molar-refractivity contribution in [1.82, 2.24) is 0 Å². The van der Waals surface area contributed by atoms with E-state index in [-0.39, 0.29) is 0 Å². The zero-order valence-corrected chi connectivity index (χ0v) is 14.0. The van der Waals surface area contributed by atoms with Crippen LogP contribution in [0.3, 0.4) is 0 Å². The van der Waals surface area contributed by atoms with E-state index in [4.69, 9.17) is 9.47 Å². The Labute approximate surface area is 129 Å². The first-order chi connectivity index (χ1) is 9.35. The maximum Gasteiger partial charge on any atom is 0.412 e. The first-order valence-electron chi connectivity index (χ1n) is 6.58. The Morgan fingerprint density at radius 3 is 2.60 bits per heavy atom. The molecule has 20 heavy (non-hydrogen) atoms. The zero-order chi connectivity index (χ0) is 15.2. The van der Waals surface area contributed by atoms with Crippen LogP contribution in [0.2, 0.25) is 0 Å². The quantitative estimate of drug-likeness (QED) is 0.807. The van der Waals surface area contributed by atoms with Gasteiger partial charge in [-0.25, -0.2) is 4.79 Å². The molecular weight excluding hydrogens is 322 g/mol. The number of rotatable bonds is 5. The monoisotopic (exact) mass is 343 g/mol. The maximum atomic E-state index is 11.7. The summed E-state index contributed by atoms with van der Waals surface area (Å²) >= 11 is 3.41. The number of nitrogens with one attached hydrogen (secondary N) is 1. The average Bonchev–Trinajstić information content (AvgIpc) is 2.34. The van der Waals surface area contributed by atoms with Crippen LogP contribution in [-0.2, 0) is 11.2 Å². The molecule has 0 aromatic heterocycles. The second-order valence-corrected chi connectivity index (χ2v) is 6.24. The van der Waals surface area contributed by atoms with E-state index in [0.717, 1.165) is 29.5 Å². The van der Waals surface area contributed by atoms with Gasteiger partial charge in [0.05, 0.1) is 7.11 Å². The van der Waals surface area contributed by atoms with E-state index in [1.54, 1.807) is 13.2 Å². The molecule has 1 aromatic carbocycles. The lowest BCUT2D eigenvalue weighted by molar-refractivity contribution is 0.0636. The molecule has 0 heterocycles. The summed E-state index contributed by atoms with van der Waals surface area (Å²) in [6.45, 7) is 5.51. The highest BCUT2D eigenvalue weighted by molar-refractivity contribution is 9.09. The SMILES string of the molecule is COc1ccc(NC(=O)OC(C)(C)C)cc1CCCBr. The van der Waals surface area contributed by atoms with Gasteiger partial charge in [-0.1, -0.05) is 15.9 Å². The fourth-order valence-corrected chi connectivity index (χ4v) is 2.01. The number of benzene rings is 1. The summed E-state index contributed by atoms with van der Waals surface area (Å²) in [4.78, 5) is 11.7. The number of alkyl halides is 1. The van der Waals surface area contributed by atoms with Crippen LogP contribution >= 0.6 is 15.9 Å². The van der Waals surface area contributed by atoms with Crippen molar-refractivity contribution in [3.05, 3.63) is 23.8 Å². The summed E-state index contributed by atoms with van der Waals surface area (Å²) in [5.41, 5.74) is 1.28. The van der Waals surface area contributed by atoms with Crippen molar-refractivity contribution in [2.75, 3.05) is 17.8 Å². The van der Waals surface area contributed by atoms with Crippen LogP contribution in [-0.4, -0.2) is 24.1 Å². The number of carbonyl (C=O) groups excluding carboxylic acids is 1. The summed E-state index contributed by atoms with van der Waals surface area (Å²) in [5, 5.41) is 3.67. The van der Waals surface area contributed by atoms with E-state index in [9.17, 15) is 4.79 Å². The van der Waals surface area contributed by atoms with E-state index >= 15 is 0 Å². The van der Waals surface area contributed by atoms with Crippen molar-refractivity contribution in [1.29, 1.82) is 0 Å². The predicted octanol–water partition coefficient (Wildman–Crippen LogP) is 4.37. The first-order valence-corrected chi connectivity index (χ1v) is 7.71. The second-order valence-electron chi connectivity index (χ2n) is 5.45. The number of anilines is 1. The summed E-state index contributed by atoms with van der Waals surface area (Å²) in [6.07, 6.45) is 1.44. The third-order valence-corrected chi connectivity index (χ3v) is 3.07. The van der Waals surface area contributed by atoms with E-state index in [0.29, 0.717) is 5.69 Å². The molecule has 0 saturated carbocycles. The Morgan fingerprint density at radius 1 is 1.35 bits per heavy atom. The number of halogens is 1. The average molecular weight is 344 g/mol. The van der Waals surface area contributed by atoms with Gasteiger partial charge in [-0.2, -0.15) is 0 Å². The Balaban J connectivity index is 2.78. The van der Waals surface area contributed by atoms with Crippen molar-refractivity contribution in [3.8, 4) is 5.75 Å². The lowest BCUT2D eigenvalue weighted by Crippen LogP contribution is -2.27. The fraction of sp³-hybridized carbons (Fsp3) is 0.533. The molecule has 0 fully saturated rings. The van der Waals surface area contributed by atoms with Crippen LogP contribution in [0, 0.1) is 0 Å². The topological polar surface area (TPSA) is 47.6 Å². The van der Waals surface area contributed by atoms with Crippen LogP contribution in [0.25, 0.3) is 0 Å². The molecule has 0 atom stereocenters. The summed E-state index contributed by atoms with van der Waals surface area (Å²) in [7, 11) is 1.65. The van der Waals surface area contributed by atoms with E-state index in [1.165, 1.54) is 0 Å². The van der Waals surface area contributed by atoms with Crippen LogP contribution in [0.4, 0.5) is 10.5 Å². The Kier molecular flexibility index (Phi) is 6.33. The molecule has 0 saturated heterocycles. The summed E-state index contributed by atoms with van der Waals surface area (Å²) in [6, 6.07) is 5.59. The molecule has 4 nitrogen and oxygen atoms in total. The van der Waals surface area contributed by atoms with Crippen LogP contribution < -0.4 is 10.1 Å². The molecule has 1 amide bonds. The van der Waals surface area contributed by atoms with Crippen LogP contribution in [0.5, 0.6) is 5.75 Å². The van der Waals surface area contributed by atoms with Crippen molar-refractivity contribution in [3.63, 3.8) is 0 Å². The standard InChI is InChI=1S/C15H22BrNO3/c1-15(2,3)20-14(18)17-12-7-8-13(19-4)11(10-12)6-5-9-16/h7-8,10H,5-6,9H2,1-4H3,(H,17,18). The molecule has 0 unspecified atom stereocenters. The van der Waals surface area contributed by atoms with Gasteiger partial charge in [0.2, 0.25) is 0 Å².